The number of rotatable bonds is 7. The van der Waals surface area contributed by atoms with Crippen molar-refractivity contribution in [3.8, 4) is 28.3 Å². The molecule has 0 bridgehead atoms. The van der Waals surface area contributed by atoms with E-state index in [0.717, 1.165) is 40.0 Å². The van der Waals surface area contributed by atoms with Crippen molar-refractivity contribution in [1.29, 1.82) is 0 Å². The molecule has 2 aromatic heterocycles. The highest BCUT2D eigenvalue weighted by molar-refractivity contribution is 7.99. The average Bonchev–Trinajstić information content (AvgIpc) is 3.48. The minimum atomic E-state index is -0.794. The molecule has 0 saturated heterocycles. The number of nitrogens with one attached hydrogen (secondary N) is 1. The molecule has 1 amide bonds. The fourth-order valence-corrected chi connectivity index (χ4v) is 4.82. The quantitative estimate of drug-likeness (QED) is 0.413. The highest BCUT2D eigenvalue weighted by Gasteiger charge is 2.19. The first kappa shape index (κ1) is 22.9. The number of thioether (sulfide) groups is 1. The molecule has 0 fully saturated rings. The predicted octanol–water partition coefficient (Wildman–Crippen LogP) is 4.48. The van der Waals surface area contributed by atoms with E-state index in [2.05, 4.69) is 26.2 Å². The number of carbonyl (C=O) groups is 1. The van der Waals surface area contributed by atoms with Crippen molar-refractivity contribution in [1.82, 2.24) is 19.3 Å². The normalized spacial score (nSPS) is 13.3. The van der Waals surface area contributed by atoms with E-state index in [0.29, 0.717) is 18.0 Å². The zero-order valence-electron chi connectivity index (χ0n) is 19.5. The van der Waals surface area contributed by atoms with E-state index in [1.54, 1.807) is 24.8 Å². The molecule has 1 aliphatic rings. The Morgan fingerprint density at radius 1 is 1.06 bits per heavy atom. The van der Waals surface area contributed by atoms with Gasteiger partial charge in [0.2, 0.25) is 5.91 Å². The molecule has 0 radical (unpaired) electrons. The standard InChI is InChI=1S/C26H25N5O3S/c1-3-34-21-10-6-18(7-11-21)22-12-13-24(32)31(29-22)17(2)25(33)27-20-8-4-19(5-9-20)23-16-30-14-15-35-26(30)28-23/h4-13,16-17H,3,14-15H2,1-2H3,(H,27,33). The molecule has 0 spiro atoms. The van der Waals surface area contributed by atoms with Crippen molar-refractivity contribution < 1.29 is 9.53 Å². The largest absolute Gasteiger partial charge is 0.494 e. The number of anilines is 1. The minimum Gasteiger partial charge on any atom is -0.494 e. The second-order valence-electron chi connectivity index (χ2n) is 8.15. The van der Waals surface area contributed by atoms with E-state index in [9.17, 15) is 9.59 Å². The van der Waals surface area contributed by atoms with E-state index in [1.165, 1.54) is 10.7 Å². The summed E-state index contributed by atoms with van der Waals surface area (Å²) in [6.07, 6.45) is 2.06. The van der Waals surface area contributed by atoms with Crippen LogP contribution in [0.4, 0.5) is 5.69 Å². The van der Waals surface area contributed by atoms with Crippen molar-refractivity contribution in [3.63, 3.8) is 0 Å². The third kappa shape index (κ3) is 4.85. The van der Waals surface area contributed by atoms with Crippen LogP contribution in [0.2, 0.25) is 0 Å². The van der Waals surface area contributed by atoms with Gasteiger partial charge in [0.15, 0.2) is 5.16 Å². The van der Waals surface area contributed by atoms with Crippen molar-refractivity contribution in [2.45, 2.75) is 31.6 Å². The Morgan fingerprint density at radius 3 is 2.49 bits per heavy atom. The Morgan fingerprint density at radius 2 is 1.77 bits per heavy atom. The highest BCUT2D eigenvalue weighted by Crippen LogP contribution is 2.29. The lowest BCUT2D eigenvalue weighted by Gasteiger charge is -2.15. The molecule has 1 aliphatic heterocycles. The number of aromatic nitrogens is 4. The summed E-state index contributed by atoms with van der Waals surface area (Å²) >= 11 is 1.75. The minimum absolute atomic E-state index is 0.325. The van der Waals surface area contributed by atoms with Crippen LogP contribution >= 0.6 is 11.8 Å². The Labute approximate surface area is 207 Å². The number of hydrogen-bond acceptors (Lipinski definition) is 6. The van der Waals surface area contributed by atoms with Crippen LogP contribution in [0.3, 0.4) is 0 Å². The summed E-state index contributed by atoms with van der Waals surface area (Å²) in [6, 6.07) is 17.3. The molecular weight excluding hydrogens is 462 g/mol. The van der Waals surface area contributed by atoms with Gasteiger partial charge < -0.3 is 14.6 Å². The Kier molecular flexibility index (Phi) is 6.41. The van der Waals surface area contributed by atoms with Crippen LogP contribution in [0, 0.1) is 0 Å². The van der Waals surface area contributed by atoms with Crippen LogP contribution in [0.15, 0.2) is 76.8 Å². The number of carbonyl (C=O) groups excluding carboxylic acids is 1. The summed E-state index contributed by atoms with van der Waals surface area (Å²) < 4.78 is 8.84. The van der Waals surface area contributed by atoms with E-state index >= 15 is 0 Å². The maximum atomic E-state index is 12.9. The van der Waals surface area contributed by atoms with Crippen molar-refractivity contribution >= 4 is 23.4 Å². The molecule has 9 heteroatoms. The van der Waals surface area contributed by atoms with Crippen LogP contribution in [0.1, 0.15) is 19.9 Å². The molecule has 8 nitrogen and oxygen atoms in total. The molecule has 0 aliphatic carbocycles. The van der Waals surface area contributed by atoms with Crippen molar-refractivity contribution in [2.75, 3.05) is 17.7 Å². The van der Waals surface area contributed by atoms with Gasteiger partial charge in [-0.1, -0.05) is 23.9 Å². The molecule has 0 saturated carbocycles. The van der Waals surface area contributed by atoms with Gasteiger partial charge in [0, 0.05) is 41.4 Å². The topological polar surface area (TPSA) is 91.0 Å². The summed E-state index contributed by atoms with van der Waals surface area (Å²) in [5.74, 6) is 1.50. The van der Waals surface area contributed by atoms with E-state index in [-0.39, 0.29) is 11.5 Å². The summed E-state index contributed by atoms with van der Waals surface area (Å²) in [5.41, 5.74) is 3.63. The van der Waals surface area contributed by atoms with Gasteiger partial charge in [-0.25, -0.2) is 9.67 Å². The SMILES string of the molecule is CCOc1ccc(-c2ccc(=O)n(C(C)C(=O)Nc3ccc(-c4cn5c(n4)SCC5)cc3)n2)cc1. The molecule has 3 heterocycles. The summed E-state index contributed by atoms with van der Waals surface area (Å²) in [4.78, 5) is 30.1. The average molecular weight is 488 g/mol. The molecule has 178 valence electrons. The van der Waals surface area contributed by atoms with E-state index < -0.39 is 6.04 Å². The third-order valence-corrected chi connectivity index (χ3v) is 6.75. The summed E-state index contributed by atoms with van der Waals surface area (Å²) in [6.45, 7) is 5.15. The highest BCUT2D eigenvalue weighted by atomic mass is 32.2. The molecule has 1 unspecified atom stereocenters. The number of amides is 1. The van der Waals surface area contributed by atoms with Crippen molar-refractivity contribution in [3.05, 3.63) is 77.2 Å². The number of imidazole rings is 1. The Hall–Kier alpha value is -3.85. The number of benzene rings is 2. The first-order chi connectivity index (χ1) is 17.0. The van der Waals surface area contributed by atoms with Gasteiger partial charge in [0.25, 0.3) is 5.56 Å². The lowest BCUT2D eigenvalue weighted by atomic mass is 10.1. The van der Waals surface area contributed by atoms with E-state index in [4.69, 9.17) is 4.74 Å². The molecule has 1 atom stereocenters. The molecule has 4 aromatic rings. The number of hydrogen-bond donors (Lipinski definition) is 1. The second kappa shape index (κ2) is 9.79. The lowest BCUT2D eigenvalue weighted by molar-refractivity contribution is -0.119. The fraction of sp³-hybridized carbons (Fsp3) is 0.231. The molecule has 2 aromatic carbocycles. The molecule has 1 N–H and O–H groups in total. The van der Waals surface area contributed by atoms with Gasteiger partial charge in [-0.05, 0) is 56.3 Å². The molecule has 5 rings (SSSR count). The lowest BCUT2D eigenvalue weighted by Crippen LogP contribution is -2.33. The number of nitrogens with zero attached hydrogens (tertiary/aromatic N) is 4. The molecular formula is C26H25N5O3S. The van der Waals surface area contributed by atoms with Crippen LogP contribution in [0.5, 0.6) is 5.75 Å². The van der Waals surface area contributed by atoms with Gasteiger partial charge in [-0.15, -0.1) is 0 Å². The van der Waals surface area contributed by atoms with Crippen molar-refractivity contribution in [2.24, 2.45) is 0 Å². The van der Waals surface area contributed by atoms with E-state index in [1.807, 2.05) is 55.5 Å². The number of fused-ring (bicyclic) bond motifs is 1. The smallest absolute Gasteiger partial charge is 0.267 e. The molecule has 35 heavy (non-hydrogen) atoms. The van der Waals surface area contributed by atoms with Crippen LogP contribution in [-0.4, -0.2) is 37.6 Å². The Balaban J connectivity index is 1.30. The zero-order chi connectivity index (χ0) is 24.4. The third-order valence-electron chi connectivity index (χ3n) is 5.78. The Bertz CT molecular complexity index is 1390. The van der Waals surface area contributed by atoms with Gasteiger partial charge >= 0.3 is 0 Å². The first-order valence-electron chi connectivity index (χ1n) is 11.5. The maximum Gasteiger partial charge on any atom is 0.267 e. The van der Waals surface area contributed by atoms with Gasteiger partial charge in [-0.2, -0.15) is 5.10 Å². The predicted molar refractivity (Wildman–Crippen MR) is 137 cm³/mol. The number of ether oxygens (including phenoxy) is 1. The first-order valence-corrected chi connectivity index (χ1v) is 12.4. The fourth-order valence-electron chi connectivity index (χ4n) is 3.88. The van der Waals surface area contributed by atoms with Gasteiger partial charge in [-0.3, -0.25) is 9.59 Å². The summed E-state index contributed by atoms with van der Waals surface area (Å²) in [7, 11) is 0. The van der Waals surface area contributed by atoms with Crippen LogP contribution < -0.4 is 15.6 Å². The maximum absolute atomic E-state index is 12.9. The van der Waals surface area contributed by atoms with Crippen LogP contribution in [-0.2, 0) is 11.3 Å². The van der Waals surface area contributed by atoms with Gasteiger partial charge in [0.1, 0.15) is 11.8 Å². The summed E-state index contributed by atoms with van der Waals surface area (Å²) in [5, 5.41) is 8.37. The van der Waals surface area contributed by atoms with Gasteiger partial charge in [0.05, 0.1) is 18.0 Å². The monoisotopic (exact) mass is 487 g/mol. The zero-order valence-corrected chi connectivity index (χ0v) is 20.3. The second-order valence-corrected chi connectivity index (χ2v) is 9.21. The van der Waals surface area contributed by atoms with Crippen LogP contribution in [0.25, 0.3) is 22.5 Å². The number of aryl methyl sites for hydroxylation is 1.